The second-order valence-corrected chi connectivity index (χ2v) is 4.30. The maximum atomic E-state index is 13.3. The highest BCUT2D eigenvalue weighted by Crippen LogP contribution is 2.17. The summed E-state index contributed by atoms with van der Waals surface area (Å²) in [7, 11) is 0. The Balaban J connectivity index is 2.11. The van der Waals surface area contributed by atoms with Gasteiger partial charge in [0.15, 0.2) is 0 Å². The van der Waals surface area contributed by atoms with Crippen molar-refractivity contribution >= 4 is 11.6 Å². The summed E-state index contributed by atoms with van der Waals surface area (Å²) in [6, 6.07) is 5.44. The zero-order valence-corrected chi connectivity index (χ0v) is 10.8. The molecule has 0 saturated carbocycles. The van der Waals surface area contributed by atoms with Gasteiger partial charge in [-0.05, 0) is 30.7 Å². The predicted octanol–water partition coefficient (Wildman–Crippen LogP) is 2.18. The van der Waals surface area contributed by atoms with Gasteiger partial charge in [0.1, 0.15) is 17.3 Å². The van der Waals surface area contributed by atoms with Crippen LogP contribution in [0.4, 0.5) is 14.5 Å². The maximum absolute atomic E-state index is 13.3. The van der Waals surface area contributed by atoms with E-state index < -0.39 is 23.2 Å². The first-order chi connectivity index (χ1) is 9.49. The Bertz CT molecular complexity index is 636. The number of halogens is 2. The quantitative estimate of drug-likeness (QED) is 0.845. The third-order valence-electron chi connectivity index (χ3n) is 2.88. The van der Waals surface area contributed by atoms with Gasteiger partial charge in [-0.2, -0.15) is 0 Å². The van der Waals surface area contributed by atoms with E-state index in [1.165, 1.54) is 0 Å². The van der Waals surface area contributed by atoms with Crippen molar-refractivity contribution in [1.29, 1.82) is 0 Å². The number of aryl methyl sites for hydroxylation is 1. The number of hydrogen-bond acceptors (Lipinski definition) is 3. The summed E-state index contributed by atoms with van der Waals surface area (Å²) in [6.07, 6.45) is 1.61. The van der Waals surface area contributed by atoms with Crippen molar-refractivity contribution in [3.8, 4) is 0 Å². The molecule has 0 aliphatic rings. The smallest absolute Gasteiger partial charge is 0.251 e. The van der Waals surface area contributed by atoms with E-state index in [1.807, 2.05) is 13.0 Å². The number of hydrogen-bond donors (Lipinski definition) is 2. The lowest BCUT2D eigenvalue weighted by atomic mass is 10.1. The predicted molar refractivity (Wildman–Crippen MR) is 70.9 cm³/mol. The SMILES string of the molecule is Cc1cccnc1CNC(=O)c1cc(F)c(N)c(F)c1. The van der Waals surface area contributed by atoms with Gasteiger partial charge >= 0.3 is 0 Å². The normalized spacial score (nSPS) is 10.3. The molecule has 2 rings (SSSR count). The molecule has 104 valence electrons. The first-order valence-corrected chi connectivity index (χ1v) is 5.92. The largest absolute Gasteiger partial charge is 0.394 e. The molecule has 1 amide bonds. The Morgan fingerprint density at radius 1 is 1.35 bits per heavy atom. The first-order valence-electron chi connectivity index (χ1n) is 5.92. The number of nitrogens with one attached hydrogen (secondary N) is 1. The fraction of sp³-hybridized carbons (Fsp3) is 0.143. The summed E-state index contributed by atoms with van der Waals surface area (Å²) < 4.78 is 26.5. The van der Waals surface area contributed by atoms with Crippen LogP contribution in [-0.2, 0) is 6.54 Å². The molecule has 0 aliphatic heterocycles. The van der Waals surface area contributed by atoms with Crippen LogP contribution in [-0.4, -0.2) is 10.9 Å². The van der Waals surface area contributed by atoms with Gasteiger partial charge in [0.05, 0.1) is 12.2 Å². The van der Waals surface area contributed by atoms with Crippen molar-refractivity contribution in [2.45, 2.75) is 13.5 Å². The number of carbonyl (C=O) groups excluding carboxylic acids is 1. The van der Waals surface area contributed by atoms with E-state index in [-0.39, 0.29) is 12.1 Å². The van der Waals surface area contributed by atoms with Crippen LogP contribution in [0.15, 0.2) is 30.5 Å². The van der Waals surface area contributed by atoms with Crippen LogP contribution in [0.25, 0.3) is 0 Å². The van der Waals surface area contributed by atoms with Gasteiger partial charge in [-0.15, -0.1) is 0 Å². The number of rotatable bonds is 3. The van der Waals surface area contributed by atoms with Gasteiger partial charge < -0.3 is 11.1 Å². The summed E-state index contributed by atoms with van der Waals surface area (Å²) in [6.45, 7) is 2.04. The lowest BCUT2D eigenvalue weighted by Gasteiger charge is -2.08. The van der Waals surface area contributed by atoms with Gasteiger partial charge in [0.25, 0.3) is 5.91 Å². The molecule has 6 heteroatoms. The zero-order valence-electron chi connectivity index (χ0n) is 10.8. The van der Waals surface area contributed by atoms with Gasteiger partial charge in [-0.25, -0.2) is 8.78 Å². The minimum atomic E-state index is -0.954. The minimum Gasteiger partial charge on any atom is -0.394 e. The maximum Gasteiger partial charge on any atom is 0.251 e. The fourth-order valence-corrected chi connectivity index (χ4v) is 1.68. The molecule has 0 spiro atoms. The van der Waals surface area contributed by atoms with E-state index in [0.29, 0.717) is 5.69 Å². The van der Waals surface area contributed by atoms with Crippen LogP contribution >= 0.6 is 0 Å². The summed E-state index contributed by atoms with van der Waals surface area (Å²) in [5, 5.41) is 2.55. The van der Waals surface area contributed by atoms with E-state index in [1.54, 1.807) is 12.3 Å². The Morgan fingerprint density at radius 3 is 2.60 bits per heavy atom. The van der Waals surface area contributed by atoms with Crippen LogP contribution in [0, 0.1) is 18.6 Å². The molecule has 0 atom stereocenters. The zero-order chi connectivity index (χ0) is 14.7. The van der Waals surface area contributed by atoms with Crippen molar-refractivity contribution in [1.82, 2.24) is 10.3 Å². The lowest BCUT2D eigenvalue weighted by molar-refractivity contribution is 0.0949. The number of pyridine rings is 1. The molecule has 0 radical (unpaired) electrons. The number of nitrogens with zero attached hydrogens (tertiary/aromatic N) is 1. The summed E-state index contributed by atoms with van der Waals surface area (Å²) in [5.41, 5.74) is 6.04. The Labute approximate surface area is 114 Å². The Kier molecular flexibility index (Phi) is 3.93. The van der Waals surface area contributed by atoms with Gasteiger partial charge in [0, 0.05) is 11.8 Å². The lowest BCUT2D eigenvalue weighted by Crippen LogP contribution is -2.24. The topological polar surface area (TPSA) is 68.0 Å². The molecule has 1 aromatic heterocycles. The van der Waals surface area contributed by atoms with Crippen molar-refractivity contribution < 1.29 is 13.6 Å². The summed E-state index contributed by atoms with van der Waals surface area (Å²) in [4.78, 5) is 15.9. The Hall–Kier alpha value is -2.50. The van der Waals surface area contributed by atoms with Gasteiger partial charge in [-0.1, -0.05) is 6.07 Å². The number of anilines is 1. The van der Waals surface area contributed by atoms with Crippen LogP contribution in [0.3, 0.4) is 0 Å². The monoisotopic (exact) mass is 277 g/mol. The summed E-state index contributed by atoms with van der Waals surface area (Å²) in [5.74, 6) is -2.50. The van der Waals surface area contributed by atoms with E-state index in [2.05, 4.69) is 10.3 Å². The Morgan fingerprint density at radius 2 is 2.00 bits per heavy atom. The number of aromatic nitrogens is 1. The standard InChI is InChI=1S/C14H13F2N3O/c1-8-3-2-4-18-12(8)7-19-14(20)9-5-10(15)13(17)11(16)6-9/h2-6H,7,17H2,1H3,(H,19,20). The van der Waals surface area contributed by atoms with E-state index in [4.69, 9.17) is 5.73 Å². The molecule has 1 aromatic carbocycles. The molecule has 0 unspecified atom stereocenters. The van der Waals surface area contributed by atoms with E-state index in [9.17, 15) is 13.6 Å². The highest BCUT2D eigenvalue weighted by molar-refractivity contribution is 5.94. The first kappa shape index (κ1) is 13.9. The molecule has 0 saturated heterocycles. The fourth-order valence-electron chi connectivity index (χ4n) is 1.68. The summed E-state index contributed by atoms with van der Waals surface area (Å²) >= 11 is 0. The van der Waals surface area contributed by atoms with E-state index >= 15 is 0 Å². The van der Waals surface area contributed by atoms with Crippen LogP contribution in [0.2, 0.25) is 0 Å². The third-order valence-corrected chi connectivity index (χ3v) is 2.88. The van der Waals surface area contributed by atoms with E-state index in [0.717, 1.165) is 17.7 Å². The molecule has 3 N–H and O–H groups in total. The van der Waals surface area contributed by atoms with Crippen LogP contribution < -0.4 is 11.1 Å². The highest BCUT2D eigenvalue weighted by atomic mass is 19.1. The third kappa shape index (κ3) is 2.90. The number of carbonyl (C=O) groups is 1. The molecule has 0 fully saturated rings. The van der Waals surface area contributed by atoms with Crippen molar-refractivity contribution in [3.63, 3.8) is 0 Å². The van der Waals surface area contributed by atoms with Crippen molar-refractivity contribution in [2.75, 3.05) is 5.73 Å². The second kappa shape index (κ2) is 5.64. The number of amides is 1. The molecule has 0 aliphatic carbocycles. The molecule has 4 nitrogen and oxygen atoms in total. The van der Waals surface area contributed by atoms with Gasteiger partial charge in [-0.3, -0.25) is 9.78 Å². The molecule has 1 heterocycles. The number of nitrogen functional groups attached to an aromatic ring is 1. The molecular formula is C14H13F2N3O. The molecule has 0 bridgehead atoms. The second-order valence-electron chi connectivity index (χ2n) is 4.30. The highest BCUT2D eigenvalue weighted by Gasteiger charge is 2.13. The average molecular weight is 277 g/mol. The van der Waals surface area contributed by atoms with Crippen LogP contribution in [0.5, 0.6) is 0 Å². The van der Waals surface area contributed by atoms with Gasteiger partial charge in [0.2, 0.25) is 0 Å². The number of benzene rings is 1. The van der Waals surface area contributed by atoms with Crippen LogP contribution in [0.1, 0.15) is 21.6 Å². The molecular weight excluding hydrogens is 264 g/mol. The van der Waals surface area contributed by atoms with Crippen molar-refractivity contribution in [3.05, 3.63) is 58.9 Å². The average Bonchev–Trinajstić information content (AvgIpc) is 2.43. The van der Waals surface area contributed by atoms with Crippen molar-refractivity contribution in [2.24, 2.45) is 0 Å². The minimum absolute atomic E-state index is 0.122. The number of nitrogens with two attached hydrogens (primary N) is 1. The molecule has 20 heavy (non-hydrogen) atoms. The molecule has 2 aromatic rings.